The second kappa shape index (κ2) is 6.00. The molecule has 1 aromatic carbocycles. The number of phenols is 1. The lowest BCUT2D eigenvalue weighted by Crippen LogP contribution is -2.48. The zero-order chi connectivity index (χ0) is 15.6. The van der Waals surface area contributed by atoms with Gasteiger partial charge in [-0.3, -0.25) is 4.90 Å². The highest BCUT2D eigenvalue weighted by Gasteiger charge is 2.36. The van der Waals surface area contributed by atoms with Gasteiger partial charge in [-0.25, -0.2) is 4.39 Å². The Balaban J connectivity index is 2.56. The van der Waals surface area contributed by atoms with E-state index < -0.39 is 11.6 Å². The Kier molecular flexibility index (Phi) is 4.50. The van der Waals surface area contributed by atoms with Gasteiger partial charge in [-0.15, -0.1) is 0 Å². The first-order chi connectivity index (χ1) is 9.86. The van der Waals surface area contributed by atoms with Gasteiger partial charge < -0.3 is 10.4 Å². The molecule has 1 heterocycles. The Morgan fingerprint density at radius 1 is 1.33 bits per heavy atom. The molecule has 0 unspecified atom stereocenters. The molecule has 0 saturated carbocycles. The third-order valence-electron chi connectivity index (χ3n) is 3.90. The molecule has 1 saturated heterocycles. The van der Waals surface area contributed by atoms with Gasteiger partial charge in [-0.2, -0.15) is 5.26 Å². The standard InChI is InChI=1S/C16H22FN3O/c1-16(2,3)15(20-8-6-19-7-9-20)13-11(10-18)4-5-12(17)14(13)21/h4-5,15,19,21H,6-9H2,1-3H3/t15-/m1/s1. The van der Waals surface area contributed by atoms with Crippen LogP contribution in [0.2, 0.25) is 0 Å². The average molecular weight is 291 g/mol. The summed E-state index contributed by atoms with van der Waals surface area (Å²) in [5.74, 6) is -1.07. The van der Waals surface area contributed by atoms with Crippen LogP contribution in [0, 0.1) is 22.6 Å². The zero-order valence-electron chi connectivity index (χ0n) is 12.8. The van der Waals surface area contributed by atoms with Gasteiger partial charge in [0.25, 0.3) is 0 Å². The van der Waals surface area contributed by atoms with E-state index >= 15 is 0 Å². The maximum atomic E-state index is 13.8. The molecule has 0 spiro atoms. The van der Waals surface area contributed by atoms with Crippen LogP contribution in [0.5, 0.6) is 5.75 Å². The monoisotopic (exact) mass is 291 g/mol. The number of nitrogens with zero attached hydrogens (tertiary/aromatic N) is 2. The molecule has 0 bridgehead atoms. The van der Waals surface area contributed by atoms with E-state index in [0.717, 1.165) is 32.2 Å². The highest BCUT2D eigenvalue weighted by atomic mass is 19.1. The average Bonchev–Trinajstić information content (AvgIpc) is 2.44. The van der Waals surface area contributed by atoms with Crippen molar-refractivity contribution in [3.8, 4) is 11.8 Å². The molecule has 1 aliphatic rings. The van der Waals surface area contributed by atoms with Crippen LogP contribution in [-0.2, 0) is 0 Å². The van der Waals surface area contributed by atoms with Crippen molar-refractivity contribution < 1.29 is 9.50 Å². The summed E-state index contributed by atoms with van der Waals surface area (Å²) in [5.41, 5.74) is 0.521. The van der Waals surface area contributed by atoms with Crippen LogP contribution in [0.15, 0.2) is 12.1 Å². The van der Waals surface area contributed by atoms with Crippen molar-refractivity contribution in [1.82, 2.24) is 10.2 Å². The molecule has 5 heteroatoms. The third kappa shape index (κ3) is 3.17. The number of rotatable bonds is 2. The van der Waals surface area contributed by atoms with Crippen molar-refractivity contribution >= 4 is 0 Å². The molecule has 1 aromatic rings. The van der Waals surface area contributed by atoms with Gasteiger partial charge in [0.15, 0.2) is 11.6 Å². The van der Waals surface area contributed by atoms with Crippen molar-refractivity contribution in [3.05, 3.63) is 29.1 Å². The number of hydrogen-bond donors (Lipinski definition) is 2. The topological polar surface area (TPSA) is 59.3 Å². The zero-order valence-corrected chi connectivity index (χ0v) is 12.8. The minimum Gasteiger partial charge on any atom is -0.505 e. The predicted molar refractivity (Wildman–Crippen MR) is 79.4 cm³/mol. The molecule has 0 amide bonds. The molecule has 21 heavy (non-hydrogen) atoms. The lowest BCUT2D eigenvalue weighted by Gasteiger charge is -2.43. The lowest BCUT2D eigenvalue weighted by atomic mass is 9.79. The summed E-state index contributed by atoms with van der Waals surface area (Å²) in [7, 11) is 0. The van der Waals surface area contributed by atoms with E-state index in [1.54, 1.807) is 0 Å². The van der Waals surface area contributed by atoms with Gasteiger partial charge in [0, 0.05) is 37.8 Å². The number of hydrogen-bond acceptors (Lipinski definition) is 4. The molecule has 2 rings (SSSR count). The summed E-state index contributed by atoms with van der Waals surface area (Å²) in [6, 6.07) is 4.48. The van der Waals surface area contributed by atoms with Gasteiger partial charge in [-0.1, -0.05) is 20.8 Å². The maximum absolute atomic E-state index is 13.8. The van der Waals surface area contributed by atoms with E-state index in [9.17, 15) is 14.8 Å². The number of piperazine rings is 1. The Morgan fingerprint density at radius 3 is 2.48 bits per heavy atom. The smallest absolute Gasteiger partial charge is 0.165 e. The quantitative estimate of drug-likeness (QED) is 0.878. The Hall–Kier alpha value is -1.64. The van der Waals surface area contributed by atoms with Crippen LogP contribution in [-0.4, -0.2) is 36.2 Å². The van der Waals surface area contributed by atoms with Gasteiger partial charge in [0.2, 0.25) is 0 Å². The van der Waals surface area contributed by atoms with E-state index in [4.69, 9.17) is 0 Å². The summed E-state index contributed by atoms with van der Waals surface area (Å²) < 4.78 is 13.8. The van der Waals surface area contributed by atoms with E-state index in [-0.39, 0.29) is 11.5 Å². The molecule has 2 N–H and O–H groups in total. The molecular formula is C16H22FN3O. The lowest BCUT2D eigenvalue weighted by molar-refractivity contribution is 0.0836. The van der Waals surface area contributed by atoms with Crippen molar-refractivity contribution in [2.75, 3.05) is 26.2 Å². The normalized spacial score (nSPS) is 18.2. The highest BCUT2D eigenvalue weighted by molar-refractivity contribution is 5.49. The summed E-state index contributed by atoms with van der Waals surface area (Å²) in [5, 5.41) is 22.8. The Bertz CT molecular complexity index is 554. The highest BCUT2D eigenvalue weighted by Crippen LogP contribution is 2.43. The van der Waals surface area contributed by atoms with Gasteiger partial charge >= 0.3 is 0 Å². The van der Waals surface area contributed by atoms with E-state index in [2.05, 4.69) is 16.3 Å². The molecular weight excluding hydrogens is 269 g/mol. The Labute approximate surface area is 125 Å². The van der Waals surface area contributed by atoms with Crippen molar-refractivity contribution in [2.24, 2.45) is 5.41 Å². The number of aromatic hydroxyl groups is 1. The Morgan fingerprint density at radius 2 is 1.95 bits per heavy atom. The van der Waals surface area contributed by atoms with Crippen LogP contribution in [0.1, 0.15) is 37.9 Å². The number of halogens is 1. The van der Waals surface area contributed by atoms with Crippen LogP contribution in [0.25, 0.3) is 0 Å². The molecule has 0 radical (unpaired) electrons. The first kappa shape index (κ1) is 15.7. The second-order valence-electron chi connectivity index (χ2n) is 6.52. The minimum atomic E-state index is -0.673. The van der Waals surface area contributed by atoms with Gasteiger partial charge in [0.1, 0.15) is 0 Å². The fraction of sp³-hybridized carbons (Fsp3) is 0.562. The molecule has 114 valence electrons. The number of nitrogens with one attached hydrogen (secondary N) is 1. The van der Waals surface area contributed by atoms with Crippen molar-refractivity contribution in [1.29, 1.82) is 5.26 Å². The van der Waals surface area contributed by atoms with E-state index in [1.165, 1.54) is 6.07 Å². The van der Waals surface area contributed by atoms with Crippen molar-refractivity contribution in [3.63, 3.8) is 0 Å². The molecule has 1 aliphatic heterocycles. The fourth-order valence-corrected chi connectivity index (χ4v) is 3.06. The van der Waals surface area contributed by atoms with Gasteiger partial charge in [0.05, 0.1) is 11.6 Å². The maximum Gasteiger partial charge on any atom is 0.165 e. The molecule has 0 aliphatic carbocycles. The van der Waals surface area contributed by atoms with Crippen LogP contribution in [0.3, 0.4) is 0 Å². The van der Waals surface area contributed by atoms with E-state index in [1.807, 2.05) is 20.8 Å². The van der Waals surface area contributed by atoms with Crippen molar-refractivity contribution in [2.45, 2.75) is 26.8 Å². The summed E-state index contributed by atoms with van der Waals surface area (Å²) >= 11 is 0. The molecule has 4 nitrogen and oxygen atoms in total. The SMILES string of the molecule is CC(C)(C)[C@@H](c1c(C#N)ccc(F)c1O)N1CCNCC1. The number of nitriles is 1. The van der Waals surface area contributed by atoms with E-state index in [0.29, 0.717) is 11.1 Å². The van der Waals surface area contributed by atoms with Crippen LogP contribution >= 0.6 is 0 Å². The molecule has 1 atom stereocenters. The predicted octanol–water partition coefficient (Wildman–Crippen LogP) is 2.40. The third-order valence-corrected chi connectivity index (χ3v) is 3.90. The molecule has 0 aromatic heterocycles. The van der Waals surface area contributed by atoms with Gasteiger partial charge in [-0.05, 0) is 17.5 Å². The number of phenolic OH excluding ortho intramolecular Hbond substituents is 1. The minimum absolute atomic E-state index is 0.204. The fourth-order valence-electron chi connectivity index (χ4n) is 3.06. The number of benzene rings is 1. The molecule has 1 fully saturated rings. The first-order valence-electron chi connectivity index (χ1n) is 7.22. The largest absolute Gasteiger partial charge is 0.505 e. The summed E-state index contributed by atoms with van der Waals surface area (Å²) in [6.07, 6.45) is 0. The first-order valence-corrected chi connectivity index (χ1v) is 7.22. The van der Waals surface area contributed by atoms with Crippen LogP contribution < -0.4 is 5.32 Å². The summed E-state index contributed by atoms with van der Waals surface area (Å²) in [6.45, 7) is 9.46. The van der Waals surface area contributed by atoms with Crippen LogP contribution in [0.4, 0.5) is 4.39 Å². The second-order valence-corrected chi connectivity index (χ2v) is 6.52. The summed E-state index contributed by atoms with van der Waals surface area (Å²) in [4.78, 5) is 2.21.